The molecule has 0 aromatic heterocycles. The van der Waals surface area contributed by atoms with Gasteiger partial charge in [0.25, 0.3) is 0 Å². The largest absolute Gasteiger partial charge is 0.512 e. The van der Waals surface area contributed by atoms with Crippen LogP contribution in [-0.2, 0) is 25.7 Å². The van der Waals surface area contributed by atoms with Gasteiger partial charge < -0.3 is 56.2 Å². The van der Waals surface area contributed by atoms with Crippen LogP contribution in [0.15, 0.2) is 114 Å². The van der Waals surface area contributed by atoms with Crippen molar-refractivity contribution in [3.05, 3.63) is 214 Å². The number of phenolic OH excluding ortho intramolecular Hbond substituents is 9. The Kier molecular flexibility index (Phi) is 8.08. The fraction of sp³-hybridized carbons (Fsp3) is 0.193. The lowest BCUT2D eigenvalue weighted by molar-refractivity contribution is 0.266. The summed E-state index contributed by atoms with van der Waals surface area (Å²) in [6, 6.07) is 25.6. The van der Waals surface area contributed by atoms with Gasteiger partial charge in [-0.05, 0) is 93.7 Å². The van der Waals surface area contributed by atoms with Gasteiger partial charge in [-0.1, -0.05) is 54.6 Å². The molecule has 18 bridgehead atoms. The first-order valence-corrected chi connectivity index (χ1v) is 22.8. The second-order valence-corrected chi connectivity index (χ2v) is 19.5. The molecule has 10 aliphatic rings. The van der Waals surface area contributed by atoms with Crippen LogP contribution in [0.3, 0.4) is 0 Å². The average molecular weight is 905 g/mol. The summed E-state index contributed by atoms with van der Waals surface area (Å²) in [6.07, 6.45) is 0.0528. The van der Waals surface area contributed by atoms with Crippen molar-refractivity contribution in [1.29, 1.82) is 0 Å². The maximum Gasteiger partial charge on any atom is 0.123 e. The van der Waals surface area contributed by atoms with Gasteiger partial charge in [-0.3, -0.25) is 0 Å². The second kappa shape index (κ2) is 13.7. The highest BCUT2D eigenvalue weighted by molar-refractivity contribution is 5.80. The van der Waals surface area contributed by atoms with Crippen molar-refractivity contribution in [3.63, 3.8) is 0 Å². The van der Waals surface area contributed by atoms with Crippen LogP contribution in [0, 0.1) is 12.8 Å². The van der Waals surface area contributed by atoms with E-state index in [1.165, 1.54) is 24.3 Å². The fourth-order valence-corrected chi connectivity index (χ4v) is 13.1. The quantitative estimate of drug-likeness (QED) is 0.0643. The number of aliphatic hydroxyl groups is 2. The topological polar surface area (TPSA) is 223 Å². The van der Waals surface area contributed by atoms with Crippen molar-refractivity contribution in [2.75, 3.05) is 0 Å². The predicted octanol–water partition coefficient (Wildman–Crippen LogP) is 9.90. The van der Waals surface area contributed by atoms with Crippen molar-refractivity contribution in [2.45, 2.75) is 62.7 Å². The van der Waals surface area contributed by atoms with E-state index in [-0.39, 0.29) is 118 Å². The Morgan fingerprint density at radius 2 is 0.735 bits per heavy atom. The molecule has 0 radical (unpaired) electrons. The molecule has 5 unspecified atom stereocenters. The Bertz CT molecular complexity index is 3560. The highest BCUT2D eigenvalue weighted by atomic mass is 16.3. The van der Waals surface area contributed by atoms with Gasteiger partial charge in [0, 0.05) is 123 Å². The average Bonchev–Trinajstić information content (AvgIpc) is 3.32. The van der Waals surface area contributed by atoms with Crippen LogP contribution in [0.25, 0.3) is 0 Å². The first-order valence-electron chi connectivity index (χ1n) is 22.8. The number of hydrogen-bond acceptors (Lipinski definition) is 11. The summed E-state index contributed by atoms with van der Waals surface area (Å²) in [4.78, 5) is 0. The molecule has 11 nitrogen and oxygen atoms in total. The molecule has 10 aliphatic carbocycles. The molecule has 5 atom stereocenters. The zero-order valence-corrected chi connectivity index (χ0v) is 36.5. The molecule has 0 aliphatic heterocycles. The lowest BCUT2D eigenvalue weighted by atomic mass is 9.56. The first-order chi connectivity index (χ1) is 32.7. The van der Waals surface area contributed by atoms with Gasteiger partial charge in [0.15, 0.2) is 0 Å². The highest BCUT2D eigenvalue weighted by Crippen LogP contribution is 2.67. The molecule has 0 saturated carbocycles. The molecule has 0 heterocycles. The van der Waals surface area contributed by atoms with Crippen LogP contribution in [-0.4, -0.2) is 56.2 Å². The summed E-state index contributed by atoms with van der Waals surface area (Å²) in [7, 11) is 0. The number of rotatable bonds is 0. The molecular formula is C57H44O11. The monoisotopic (exact) mass is 904 g/mol. The Morgan fingerprint density at radius 3 is 1.22 bits per heavy atom. The molecule has 11 heteroatoms. The van der Waals surface area contributed by atoms with Gasteiger partial charge in [-0.25, -0.2) is 0 Å². The standard InChI is InChI=1S/C57H44O11/c1-22-10-35(58)24-11-23(22)12-27-17-40(63)48-44-33-8-4-3-7-32(33)43(50(48)54(27)65)49-41(64)20-29(55(66)51(44)49)15-25-13-26(37(60)21-36(25)59)16-30-19-39(62)47-42-31-6-2-5-9-34(31)45(53(47)57(30)68)52-46(42)38(61)18-28(14-24)56(52)67/h2-11,13,18-21,27,42-45,58-68H,12,14-17H2,1H3. The Labute approximate surface area is 389 Å². The van der Waals surface area contributed by atoms with Crippen LogP contribution < -0.4 is 0 Å². The molecule has 0 amide bonds. The van der Waals surface area contributed by atoms with E-state index in [0.29, 0.717) is 55.7 Å². The Morgan fingerprint density at radius 1 is 0.353 bits per heavy atom. The number of aryl methyl sites for hydroxylation is 1. The summed E-state index contributed by atoms with van der Waals surface area (Å²) in [5.74, 6) is -5.27. The van der Waals surface area contributed by atoms with Crippen molar-refractivity contribution in [3.8, 4) is 51.7 Å². The Hall–Kier alpha value is -8.18. The van der Waals surface area contributed by atoms with E-state index in [1.807, 2.05) is 61.5 Å². The number of aromatic hydroxyl groups is 9. The Balaban J connectivity index is 1.06. The molecular weight excluding hydrogens is 861 g/mol. The molecule has 338 valence electrons. The zero-order valence-electron chi connectivity index (χ0n) is 36.5. The van der Waals surface area contributed by atoms with Crippen LogP contribution in [0.2, 0.25) is 0 Å². The third-order valence-corrected chi connectivity index (χ3v) is 16.0. The molecule has 0 fully saturated rings. The summed E-state index contributed by atoms with van der Waals surface area (Å²) in [5.41, 5.74) is 9.59. The van der Waals surface area contributed by atoms with Crippen LogP contribution in [0.4, 0.5) is 0 Å². The van der Waals surface area contributed by atoms with Crippen molar-refractivity contribution < 1.29 is 56.2 Å². The smallest absolute Gasteiger partial charge is 0.123 e. The minimum atomic E-state index is -0.858. The summed E-state index contributed by atoms with van der Waals surface area (Å²) >= 11 is 0. The van der Waals surface area contributed by atoms with Crippen LogP contribution in [0.1, 0.15) is 130 Å². The van der Waals surface area contributed by atoms with Gasteiger partial charge in [0.2, 0.25) is 0 Å². The van der Waals surface area contributed by atoms with E-state index in [9.17, 15) is 56.2 Å². The lowest BCUT2D eigenvalue weighted by Crippen LogP contribution is -2.34. The summed E-state index contributed by atoms with van der Waals surface area (Å²) < 4.78 is 0. The fourth-order valence-electron chi connectivity index (χ4n) is 13.1. The lowest BCUT2D eigenvalue weighted by Gasteiger charge is -2.47. The van der Waals surface area contributed by atoms with Gasteiger partial charge >= 0.3 is 0 Å². The predicted molar refractivity (Wildman–Crippen MR) is 250 cm³/mol. The molecule has 7 aromatic rings. The molecule has 7 aromatic carbocycles. The van der Waals surface area contributed by atoms with Gasteiger partial charge in [0.1, 0.15) is 57.5 Å². The maximum absolute atomic E-state index is 12.5. The minimum Gasteiger partial charge on any atom is -0.512 e. The minimum absolute atomic E-state index is 0.0213. The second-order valence-electron chi connectivity index (χ2n) is 19.5. The first kappa shape index (κ1) is 40.1. The SMILES string of the molecule is Cc1cc(O)c2cc1CC1CC(O)=C3C(=C1O)C1c4ccccc4C3c3c(O)c(cc(O)c31)Cc1cc(c(O)cc1O)Cc1cc(O)c3c(c1O)C1c4ccccc4C3c3c(O)cc(c(O)c31)C2. The number of fused-ring (bicyclic) bond motifs is 2. The van der Waals surface area contributed by atoms with E-state index >= 15 is 0 Å². The highest BCUT2D eigenvalue weighted by Gasteiger charge is 2.52. The number of allylic oxidation sites excluding steroid dienone is 4. The van der Waals surface area contributed by atoms with Crippen molar-refractivity contribution >= 4 is 0 Å². The van der Waals surface area contributed by atoms with Crippen molar-refractivity contribution in [1.82, 2.24) is 0 Å². The number of hydrogen-bond donors (Lipinski definition) is 11. The van der Waals surface area contributed by atoms with E-state index in [1.54, 1.807) is 12.1 Å². The number of aliphatic hydroxyl groups excluding tert-OH is 2. The summed E-state index contributed by atoms with van der Waals surface area (Å²) in [6.45, 7) is 1.85. The third-order valence-electron chi connectivity index (χ3n) is 16.0. The van der Waals surface area contributed by atoms with Gasteiger partial charge in [0.05, 0.1) is 5.76 Å². The van der Waals surface area contributed by atoms with E-state index in [2.05, 4.69) is 0 Å². The molecule has 68 heavy (non-hydrogen) atoms. The number of phenols is 9. The third kappa shape index (κ3) is 5.18. The van der Waals surface area contributed by atoms with Gasteiger partial charge in [-0.2, -0.15) is 0 Å². The molecule has 0 spiro atoms. The van der Waals surface area contributed by atoms with E-state index in [0.717, 1.165) is 33.4 Å². The zero-order chi connectivity index (χ0) is 46.9. The number of benzene rings is 7. The van der Waals surface area contributed by atoms with Crippen molar-refractivity contribution in [2.24, 2.45) is 5.92 Å². The molecule has 17 rings (SSSR count). The maximum atomic E-state index is 12.5. The van der Waals surface area contributed by atoms with Crippen LogP contribution >= 0.6 is 0 Å². The van der Waals surface area contributed by atoms with E-state index in [4.69, 9.17) is 0 Å². The van der Waals surface area contributed by atoms with Gasteiger partial charge in [-0.15, -0.1) is 0 Å². The van der Waals surface area contributed by atoms with E-state index < -0.39 is 29.6 Å². The molecule has 0 saturated heterocycles. The molecule has 11 N–H and O–H groups in total. The van der Waals surface area contributed by atoms with Crippen LogP contribution in [0.5, 0.6) is 51.7 Å². The normalized spacial score (nSPS) is 21.1. The summed E-state index contributed by atoms with van der Waals surface area (Å²) in [5, 5.41) is 132.